The lowest BCUT2D eigenvalue weighted by atomic mass is 10.0. The summed E-state index contributed by atoms with van der Waals surface area (Å²) >= 11 is 18.0. The molecule has 0 bridgehead atoms. The smallest absolute Gasteiger partial charge is 0.345 e. The van der Waals surface area contributed by atoms with Gasteiger partial charge in [0.2, 0.25) is 5.78 Å². The van der Waals surface area contributed by atoms with E-state index in [0.717, 1.165) is 0 Å². The molecule has 4 rings (SSSR count). The first-order valence-corrected chi connectivity index (χ1v) is 9.97. The van der Waals surface area contributed by atoms with Crippen molar-refractivity contribution >= 4 is 52.6 Å². The molecule has 0 saturated heterocycles. The monoisotopic (exact) mass is 458 g/mol. The van der Waals surface area contributed by atoms with E-state index in [0.29, 0.717) is 37.5 Å². The number of ketones is 1. The summed E-state index contributed by atoms with van der Waals surface area (Å²) in [4.78, 5) is 25.2. The molecule has 0 fully saturated rings. The van der Waals surface area contributed by atoms with Crippen LogP contribution in [0.15, 0.2) is 60.4 Å². The van der Waals surface area contributed by atoms with Crippen LogP contribution in [-0.4, -0.2) is 11.8 Å². The highest BCUT2D eigenvalue weighted by Crippen LogP contribution is 2.38. The molecule has 0 amide bonds. The zero-order chi connectivity index (χ0) is 21.4. The van der Waals surface area contributed by atoms with Crippen LogP contribution < -0.4 is 9.47 Å². The number of hydrogen-bond acceptors (Lipinski definition) is 4. The summed E-state index contributed by atoms with van der Waals surface area (Å²) in [5, 5.41) is 1.08. The predicted molar refractivity (Wildman–Crippen MR) is 117 cm³/mol. The van der Waals surface area contributed by atoms with Gasteiger partial charge in [-0.15, -0.1) is 0 Å². The molecule has 0 aromatic heterocycles. The summed E-state index contributed by atoms with van der Waals surface area (Å²) in [6.07, 6.45) is 1.58. The van der Waals surface area contributed by atoms with E-state index in [1.165, 1.54) is 6.07 Å². The number of fused-ring (bicyclic) bond motifs is 1. The Labute approximate surface area is 187 Å². The lowest BCUT2D eigenvalue weighted by Crippen LogP contribution is -2.09. The van der Waals surface area contributed by atoms with Crippen molar-refractivity contribution in [3.8, 4) is 11.5 Å². The van der Waals surface area contributed by atoms with Crippen molar-refractivity contribution in [2.24, 2.45) is 0 Å². The van der Waals surface area contributed by atoms with E-state index in [4.69, 9.17) is 44.3 Å². The van der Waals surface area contributed by atoms with E-state index in [1.807, 2.05) is 0 Å². The third-order valence-corrected chi connectivity index (χ3v) is 5.56. The molecule has 0 spiro atoms. The first-order valence-electron chi connectivity index (χ1n) is 8.84. The van der Waals surface area contributed by atoms with E-state index in [9.17, 15) is 9.59 Å². The summed E-state index contributed by atoms with van der Waals surface area (Å²) in [6, 6.07) is 14.7. The second kappa shape index (κ2) is 8.15. The normalized spacial score (nSPS) is 13.9. The largest absolute Gasteiger partial charge is 0.452 e. The minimum absolute atomic E-state index is 0.140. The fourth-order valence-corrected chi connectivity index (χ4v) is 3.60. The van der Waals surface area contributed by atoms with Crippen LogP contribution in [-0.2, 0) is 0 Å². The van der Waals surface area contributed by atoms with Gasteiger partial charge in [0.25, 0.3) is 0 Å². The average Bonchev–Trinajstić information content (AvgIpc) is 3.00. The second-order valence-electron chi connectivity index (χ2n) is 6.60. The third-order valence-electron chi connectivity index (χ3n) is 4.49. The van der Waals surface area contributed by atoms with Crippen molar-refractivity contribution in [3.05, 3.63) is 97.7 Å². The number of carbonyl (C=O) groups is 2. The summed E-state index contributed by atoms with van der Waals surface area (Å²) in [5.74, 6) is -0.164. The Morgan fingerprint density at radius 3 is 2.47 bits per heavy atom. The minimum Gasteiger partial charge on any atom is -0.452 e. The molecule has 1 aliphatic rings. The van der Waals surface area contributed by atoms with Crippen LogP contribution in [0.5, 0.6) is 11.5 Å². The Morgan fingerprint density at radius 1 is 0.967 bits per heavy atom. The van der Waals surface area contributed by atoms with Crippen LogP contribution >= 0.6 is 34.8 Å². The summed E-state index contributed by atoms with van der Waals surface area (Å²) < 4.78 is 11.2. The van der Waals surface area contributed by atoms with Gasteiger partial charge in [0.1, 0.15) is 11.5 Å². The van der Waals surface area contributed by atoms with Crippen LogP contribution in [0.2, 0.25) is 15.1 Å². The number of carbonyl (C=O) groups excluding carboxylic acids is 2. The molecule has 0 unspecified atom stereocenters. The zero-order valence-corrected chi connectivity index (χ0v) is 17.8. The van der Waals surface area contributed by atoms with Crippen molar-refractivity contribution in [2.75, 3.05) is 0 Å². The molecule has 1 heterocycles. The Hall–Kier alpha value is -2.79. The molecule has 0 N–H and O–H groups in total. The maximum atomic E-state index is 12.8. The number of aryl methyl sites for hydroxylation is 1. The van der Waals surface area contributed by atoms with Gasteiger partial charge in [-0.1, -0.05) is 53.0 Å². The second-order valence-corrected chi connectivity index (χ2v) is 7.82. The SMILES string of the molecule is Cc1cc(OC(=O)c2ccccc2Cl)cc2c1C(=O)/C(=C/c1ccc(Cl)c(Cl)c1)O2. The van der Waals surface area contributed by atoms with Crippen LogP contribution in [0, 0.1) is 6.92 Å². The van der Waals surface area contributed by atoms with E-state index < -0.39 is 5.97 Å². The topological polar surface area (TPSA) is 52.6 Å². The van der Waals surface area contributed by atoms with Gasteiger partial charge in [0.15, 0.2) is 5.76 Å². The minimum atomic E-state index is -0.601. The molecule has 30 heavy (non-hydrogen) atoms. The fourth-order valence-electron chi connectivity index (χ4n) is 3.08. The van der Waals surface area contributed by atoms with Crippen LogP contribution in [0.4, 0.5) is 0 Å². The Bertz CT molecular complexity index is 1230. The molecule has 0 aliphatic carbocycles. The number of hydrogen-bond donors (Lipinski definition) is 0. The lowest BCUT2D eigenvalue weighted by Gasteiger charge is -2.08. The first kappa shape index (κ1) is 20.5. The van der Waals surface area contributed by atoms with Gasteiger partial charge in [0, 0.05) is 6.07 Å². The van der Waals surface area contributed by atoms with Crippen molar-refractivity contribution in [1.29, 1.82) is 0 Å². The summed E-state index contributed by atoms with van der Waals surface area (Å²) in [5.41, 5.74) is 1.95. The van der Waals surface area contributed by atoms with Gasteiger partial charge in [-0.2, -0.15) is 0 Å². The van der Waals surface area contributed by atoms with Crippen LogP contribution in [0.3, 0.4) is 0 Å². The van der Waals surface area contributed by atoms with Crippen molar-refractivity contribution in [2.45, 2.75) is 6.92 Å². The number of rotatable bonds is 3. The maximum absolute atomic E-state index is 12.8. The highest BCUT2D eigenvalue weighted by molar-refractivity contribution is 6.42. The molecule has 7 heteroatoms. The number of Topliss-reactive ketones (excluding diaryl/α,β-unsaturated/α-hetero) is 1. The number of benzene rings is 3. The van der Waals surface area contributed by atoms with Gasteiger partial charge < -0.3 is 9.47 Å². The summed E-state index contributed by atoms with van der Waals surface area (Å²) in [6.45, 7) is 1.75. The zero-order valence-electron chi connectivity index (χ0n) is 15.5. The highest BCUT2D eigenvalue weighted by Gasteiger charge is 2.30. The van der Waals surface area contributed by atoms with Crippen molar-refractivity contribution in [3.63, 3.8) is 0 Å². The van der Waals surface area contributed by atoms with E-state index in [1.54, 1.807) is 61.5 Å². The Kier molecular flexibility index (Phi) is 5.56. The Morgan fingerprint density at radius 2 is 1.73 bits per heavy atom. The van der Waals surface area contributed by atoms with Gasteiger partial charge >= 0.3 is 5.97 Å². The molecular formula is C23H13Cl3O4. The highest BCUT2D eigenvalue weighted by atomic mass is 35.5. The number of esters is 1. The van der Waals surface area contributed by atoms with Gasteiger partial charge in [-0.25, -0.2) is 4.79 Å². The van der Waals surface area contributed by atoms with Gasteiger partial charge in [-0.05, 0) is 54.5 Å². The molecule has 3 aromatic rings. The van der Waals surface area contributed by atoms with Gasteiger partial charge in [-0.3, -0.25) is 4.79 Å². The molecule has 0 atom stereocenters. The molecule has 0 radical (unpaired) electrons. The number of allylic oxidation sites excluding steroid dienone is 1. The quantitative estimate of drug-likeness (QED) is 0.246. The molecule has 0 saturated carbocycles. The standard InChI is InChI=1S/C23H13Cl3O4/c1-12-8-14(29-23(28)15-4-2-3-5-16(15)24)11-19-21(12)22(27)20(30-19)10-13-6-7-17(25)18(26)9-13/h2-11H,1H3/b20-10-. The molecule has 4 nitrogen and oxygen atoms in total. The van der Waals surface area contributed by atoms with Crippen LogP contribution in [0.25, 0.3) is 6.08 Å². The Balaban J connectivity index is 1.62. The third kappa shape index (κ3) is 3.94. The molecule has 150 valence electrons. The number of halogens is 3. The van der Waals surface area contributed by atoms with E-state index in [2.05, 4.69) is 0 Å². The first-order chi connectivity index (χ1) is 14.3. The molecule has 3 aromatic carbocycles. The summed E-state index contributed by atoms with van der Waals surface area (Å²) in [7, 11) is 0. The van der Waals surface area contributed by atoms with E-state index in [-0.39, 0.29) is 22.9 Å². The van der Waals surface area contributed by atoms with Gasteiger partial charge in [0.05, 0.1) is 26.2 Å². The average molecular weight is 460 g/mol. The predicted octanol–water partition coefficient (Wildman–Crippen LogP) is 6.79. The van der Waals surface area contributed by atoms with Crippen molar-refractivity contribution < 1.29 is 19.1 Å². The number of ether oxygens (including phenoxy) is 2. The fraction of sp³-hybridized carbons (Fsp3) is 0.0435. The van der Waals surface area contributed by atoms with Crippen LogP contribution in [0.1, 0.15) is 31.8 Å². The maximum Gasteiger partial charge on any atom is 0.345 e. The molecular weight excluding hydrogens is 447 g/mol. The molecule has 1 aliphatic heterocycles. The lowest BCUT2D eigenvalue weighted by molar-refractivity contribution is 0.0734. The van der Waals surface area contributed by atoms with E-state index >= 15 is 0 Å². The van der Waals surface area contributed by atoms with Crippen molar-refractivity contribution in [1.82, 2.24) is 0 Å².